The molecule has 0 spiro atoms. The summed E-state index contributed by atoms with van der Waals surface area (Å²) in [4.78, 5) is 2.33. The van der Waals surface area contributed by atoms with Crippen molar-refractivity contribution in [3.8, 4) is 22.8 Å². The number of rotatable bonds is 8. The fourth-order valence-electron chi connectivity index (χ4n) is 3.25. The summed E-state index contributed by atoms with van der Waals surface area (Å²) in [5.41, 5.74) is 4.66. The predicted octanol–water partition coefficient (Wildman–Crippen LogP) is 4.03. The second-order valence-electron chi connectivity index (χ2n) is 6.67. The van der Waals surface area contributed by atoms with Crippen LogP contribution in [0.4, 0.5) is 0 Å². The Morgan fingerprint density at radius 3 is 2.84 bits per heavy atom. The van der Waals surface area contributed by atoms with Crippen LogP contribution in [-0.2, 0) is 13.0 Å². The van der Waals surface area contributed by atoms with Crippen molar-refractivity contribution in [2.24, 2.45) is 0 Å². The van der Waals surface area contributed by atoms with Gasteiger partial charge in [-0.05, 0) is 38.6 Å². The van der Waals surface area contributed by atoms with Gasteiger partial charge in [0.05, 0.1) is 18.9 Å². The Kier molecular flexibility index (Phi) is 5.97. The highest BCUT2D eigenvalue weighted by atomic mass is 16.5. The van der Waals surface area contributed by atoms with Crippen molar-refractivity contribution in [2.45, 2.75) is 46.1 Å². The van der Waals surface area contributed by atoms with Gasteiger partial charge in [-0.1, -0.05) is 19.8 Å². The summed E-state index contributed by atoms with van der Waals surface area (Å²) in [6.45, 7) is 7.55. The number of unbranched alkanes of at least 4 members (excludes halogenated alkanes) is 2. The van der Waals surface area contributed by atoms with Crippen LogP contribution in [-0.4, -0.2) is 41.9 Å². The average Bonchev–Trinajstić information content (AvgIpc) is 3.03. The Bertz CT molecular complexity index is 696. The highest BCUT2D eigenvalue weighted by molar-refractivity contribution is 5.68. The molecule has 1 aromatic heterocycles. The van der Waals surface area contributed by atoms with E-state index in [1.54, 1.807) is 0 Å². The molecule has 0 saturated carbocycles. The van der Waals surface area contributed by atoms with Crippen LogP contribution < -0.4 is 9.47 Å². The second-order valence-corrected chi connectivity index (χ2v) is 6.67. The minimum Gasteiger partial charge on any atom is -0.490 e. The molecular formula is C20H29N3O2. The zero-order chi connectivity index (χ0) is 17.6. The predicted molar refractivity (Wildman–Crippen MR) is 100 cm³/mol. The Labute approximate surface area is 150 Å². The lowest BCUT2D eigenvalue weighted by molar-refractivity contribution is 0.271. The van der Waals surface area contributed by atoms with Crippen molar-refractivity contribution in [1.29, 1.82) is 0 Å². The summed E-state index contributed by atoms with van der Waals surface area (Å²) in [5, 5.41) is 7.78. The molecule has 1 aliphatic rings. The number of fused-ring (bicyclic) bond motifs is 1. The third-order valence-corrected chi connectivity index (χ3v) is 4.65. The molecule has 0 fully saturated rings. The first-order valence-corrected chi connectivity index (χ1v) is 9.37. The summed E-state index contributed by atoms with van der Waals surface area (Å²) < 4.78 is 11.8. The van der Waals surface area contributed by atoms with Crippen LogP contribution in [0, 0.1) is 0 Å². The van der Waals surface area contributed by atoms with E-state index in [2.05, 4.69) is 41.2 Å². The zero-order valence-corrected chi connectivity index (χ0v) is 15.6. The minimum atomic E-state index is 0.621. The van der Waals surface area contributed by atoms with Crippen molar-refractivity contribution in [2.75, 3.05) is 26.8 Å². The number of hydrogen-bond acceptors (Lipinski definition) is 4. The maximum Gasteiger partial charge on any atom is 0.161 e. The van der Waals surface area contributed by atoms with Crippen LogP contribution in [0.5, 0.6) is 11.5 Å². The lowest BCUT2D eigenvalue weighted by Crippen LogP contribution is -2.26. The summed E-state index contributed by atoms with van der Waals surface area (Å²) in [7, 11) is 2.15. The van der Waals surface area contributed by atoms with Gasteiger partial charge >= 0.3 is 0 Å². The highest BCUT2D eigenvalue weighted by Gasteiger charge is 2.21. The van der Waals surface area contributed by atoms with Gasteiger partial charge in [0.1, 0.15) is 0 Å². The molecule has 0 amide bonds. The molecule has 5 nitrogen and oxygen atoms in total. The Hall–Kier alpha value is -2.01. The third kappa shape index (κ3) is 4.15. The van der Waals surface area contributed by atoms with E-state index < -0.39 is 0 Å². The van der Waals surface area contributed by atoms with Crippen molar-refractivity contribution >= 4 is 0 Å². The molecule has 3 rings (SSSR count). The molecule has 5 heteroatoms. The van der Waals surface area contributed by atoms with Crippen LogP contribution in [0.1, 0.15) is 44.4 Å². The minimum absolute atomic E-state index is 0.621. The van der Waals surface area contributed by atoms with E-state index in [9.17, 15) is 0 Å². The molecule has 0 saturated heterocycles. The largest absolute Gasteiger partial charge is 0.490 e. The first-order valence-electron chi connectivity index (χ1n) is 9.37. The van der Waals surface area contributed by atoms with Crippen molar-refractivity contribution in [1.82, 2.24) is 15.1 Å². The van der Waals surface area contributed by atoms with Crippen LogP contribution in [0.15, 0.2) is 18.2 Å². The summed E-state index contributed by atoms with van der Waals surface area (Å²) in [6.07, 6.45) is 4.48. The van der Waals surface area contributed by atoms with Gasteiger partial charge in [-0.3, -0.25) is 5.10 Å². The average molecular weight is 343 g/mol. The number of likely N-dealkylation sites (N-methyl/N-ethyl adjacent to an activating group) is 1. The summed E-state index contributed by atoms with van der Waals surface area (Å²) in [6, 6.07) is 6.16. The van der Waals surface area contributed by atoms with Crippen molar-refractivity contribution in [3.63, 3.8) is 0 Å². The fourth-order valence-corrected chi connectivity index (χ4v) is 3.25. The lowest BCUT2D eigenvalue weighted by Gasteiger charge is -2.22. The van der Waals surface area contributed by atoms with E-state index in [1.807, 2.05) is 13.0 Å². The number of H-pyrrole nitrogens is 1. The topological polar surface area (TPSA) is 50.4 Å². The maximum atomic E-state index is 5.93. The molecule has 1 aromatic carbocycles. The van der Waals surface area contributed by atoms with Gasteiger partial charge in [0.2, 0.25) is 0 Å². The quantitative estimate of drug-likeness (QED) is 0.735. The van der Waals surface area contributed by atoms with E-state index in [1.165, 1.54) is 24.1 Å². The van der Waals surface area contributed by atoms with Gasteiger partial charge < -0.3 is 14.4 Å². The van der Waals surface area contributed by atoms with Gasteiger partial charge in [0, 0.05) is 36.3 Å². The molecule has 0 unspecified atom stereocenters. The standard InChI is InChI=1S/C20H29N3O2/c1-4-6-7-12-25-18-9-8-15(13-19(18)24-5-2)20-16-14-23(3)11-10-17(16)21-22-20/h8-9,13H,4-7,10-12,14H2,1-3H3,(H,21,22). The number of nitrogens with zero attached hydrogens (tertiary/aromatic N) is 2. The van der Waals surface area contributed by atoms with Gasteiger partial charge in [-0.25, -0.2) is 0 Å². The van der Waals surface area contributed by atoms with E-state index in [-0.39, 0.29) is 0 Å². The monoisotopic (exact) mass is 343 g/mol. The van der Waals surface area contributed by atoms with Crippen LogP contribution in [0.2, 0.25) is 0 Å². The molecule has 25 heavy (non-hydrogen) atoms. The van der Waals surface area contributed by atoms with Crippen molar-refractivity contribution in [3.05, 3.63) is 29.5 Å². The number of aromatic nitrogens is 2. The van der Waals surface area contributed by atoms with Crippen LogP contribution >= 0.6 is 0 Å². The van der Waals surface area contributed by atoms with Crippen LogP contribution in [0.25, 0.3) is 11.3 Å². The number of nitrogens with one attached hydrogen (secondary N) is 1. The normalized spacial score (nSPS) is 14.4. The van der Waals surface area contributed by atoms with Gasteiger partial charge in [-0.15, -0.1) is 0 Å². The second kappa shape index (κ2) is 8.39. The molecule has 1 N–H and O–H groups in total. The molecular weight excluding hydrogens is 314 g/mol. The van der Waals surface area contributed by atoms with Gasteiger partial charge in [-0.2, -0.15) is 5.10 Å². The SMILES string of the molecule is CCCCCOc1ccc(-c2n[nH]c3c2CN(C)CC3)cc1OCC. The number of aromatic amines is 1. The smallest absolute Gasteiger partial charge is 0.161 e. The zero-order valence-electron chi connectivity index (χ0n) is 15.6. The van der Waals surface area contributed by atoms with E-state index >= 15 is 0 Å². The first kappa shape index (κ1) is 17.8. The Morgan fingerprint density at radius 1 is 1.16 bits per heavy atom. The molecule has 136 valence electrons. The lowest BCUT2D eigenvalue weighted by atomic mass is 10.0. The molecule has 0 atom stereocenters. The van der Waals surface area contributed by atoms with E-state index in [0.29, 0.717) is 6.61 Å². The van der Waals surface area contributed by atoms with E-state index in [0.717, 1.165) is 55.3 Å². The fraction of sp³-hybridized carbons (Fsp3) is 0.550. The third-order valence-electron chi connectivity index (χ3n) is 4.65. The molecule has 0 radical (unpaired) electrons. The molecule has 0 aliphatic carbocycles. The molecule has 1 aliphatic heterocycles. The molecule has 2 heterocycles. The number of benzene rings is 1. The van der Waals surface area contributed by atoms with E-state index in [4.69, 9.17) is 9.47 Å². The van der Waals surface area contributed by atoms with Gasteiger partial charge in [0.25, 0.3) is 0 Å². The molecule has 0 bridgehead atoms. The van der Waals surface area contributed by atoms with Crippen LogP contribution in [0.3, 0.4) is 0 Å². The van der Waals surface area contributed by atoms with Crippen molar-refractivity contribution < 1.29 is 9.47 Å². The first-order chi connectivity index (χ1) is 12.2. The maximum absolute atomic E-state index is 5.93. The van der Waals surface area contributed by atoms with Gasteiger partial charge in [0.15, 0.2) is 11.5 Å². The number of hydrogen-bond donors (Lipinski definition) is 1. The number of ether oxygens (including phenoxy) is 2. The molecule has 2 aromatic rings. The summed E-state index contributed by atoms with van der Waals surface area (Å²) >= 11 is 0. The summed E-state index contributed by atoms with van der Waals surface area (Å²) in [5.74, 6) is 1.63. The highest BCUT2D eigenvalue weighted by Crippen LogP contribution is 2.35. The Morgan fingerprint density at radius 2 is 2.04 bits per heavy atom. The Balaban J connectivity index is 1.83.